The highest BCUT2D eigenvalue weighted by molar-refractivity contribution is 7.88. The van der Waals surface area contributed by atoms with Gasteiger partial charge < -0.3 is 4.18 Å². The zero-order valence-electron chi connectivity index (χ0n) is 17.1. The van der Waals surface area contributed by atoms with Gasteiger partial charge in [0.1, 0.15) is 11.5 Å². The fourth-order valence-electron chi connectivity index (χ4n) is 2.24. The van der Waals surface area contributed by atoms with Crippen molar-refractivity contribution in [1.82, 2.24) is 0 Å². The molecule has 1 atom stereocenters. The highest BCUT2D eigenvalue weighted by Gasteiger charge is 2.83. The van der Waals surface area contributed by atoms with Crippen molar-refractivity contribution >= 4 is 31.8 Å². The lowest BCUT2D eigenvalue weighted by atomic mass is 9.96. The second kappa shape index (κ2) is 9.21. The average molecular weight is 528 g/mol. The molecule has 1 rings (SSSR count). The van der Waals surface area contributed by atoms with Crippen LogP contribution < -0.4 is 4.18 Å². The molecule has 188 valence electrons. The van der Waals surface area contributed by atoms with Gasteiger partial charge in [-0.1, -0.05) is 13.8 Å². The van der Waals surface area contributed by atoms with Gasteiger partial charge in [0.2, 0.25) is 0 Å². The molecule has 33 heavy (non-hydrogen) atoms. The van der Waals surface area contributed by atoms with E-state index in [1.54, 1.807) is 13.8 Å². The van der Waals surface area contributed by atoms with Crippen LogP contribution in [0.1, 0.15) is 42.6 Å². The van der Waals surface area contributed by atoms with E-state index in [2.05, 4.69) is 4.18 Å². The Balaban J connectivity index is 3.28. The molecule has 0 aliphatic rings. The van der Waals surface area contributed by atoms with Crippen LogP contribution in [0, 0.1) is 12.8 Å². The molecule has 0 heterocycles. The predicted octanol–water partition coefficient (Wildman–Crippen LogP) is 3.60. The Morgan fingerprint density at radius 1 is 1.03 bits per heavy atom. The maximum absolute atomic E-state index is 13.9. The molecule has 0 bridgehead atoms. The van der Waals surface area contributed by atoms with Crippen LogP contribution in [0.25, 0.3) is 0 Å². The molecule has 0 saturated carbocycles. The van der Waals surface area contributed by atoms with Crippen molar-refractivity contribution in [3.8, 4) is 5.75 Å². The number of alkyl halides is 6. The molecule has 0 aliphatic carbocycles. The van der Waals surface area contributed by atoms with E-state index in [1.165, 1.54) is 0 Å². The summed E-state index contributed by atoms with van der Waals surface area (Å²) in [6.45, 7) is 4.26. The third-order valence-corrected chi connectivity index (χ3v) is 6.75. The molecule has 16 heteroatoms. The molecule has 1 N–H and O–H groups in total. The SMILES string of the molecule is CCC(C)C(=O)CC(=O)c1ccc(OS(=O)(=O)C(F)(F)C(F)(F)C(F)(F)S(=O)(=O)O)c(C)c1. The maximum Gasteiger partial charge on any atom is 0.450 e. The van der Waals surface area contributed by atoms with Crippen LogP contribution in [0.4, 0.5) is 26.3 Å². The zero-order valence-corrected chi connectivity index (χ0v) is 18.7. The van der Waals surface area contributed by atoms with Gasteiger partial charge in [-0.2, -0.15) is 43.2 Å². The summed E-state index contributed by atoms with van der Waals surface area (Å²) in [5.74, 6) is -9.81. The van der Waals surface area contributed by atoms with Crippen molar-refractivity contribution in [3.05, 3.63) is 29.3 Å². The third-order valence-electron chi connectivity index (χ3n) is 4.56. The number of benzene rings is 1. The van der Waals surface area contributed by atoms with Crippen molar-refractivity contribution in [1.29, 1.82) is 0 Å². The molecule has 1 aromatic rings. The second-order valence-corrected chi connectivity index (χ2v) is 10.0. The Kier molecular flexibility index (Phi) is 8.05. The first-order valence-corrected chi connectivity index (χ1v) is 11.7. The highest BCUT2D eigenvalue weighted by atomic mass is 32.2. The van der Waals surface area contributed by atoms with Crippen molar-refractivity contribution in [2.24, 2.45) is 5.92 Å². The number of ketones is 2. The van der Waals surface area contributed by atoms with Crippen LogP contribution in [0.2, 0.25) is 0 Å². The van der Waals surface area contributed by atoms with Crippen LogP contribution in [-0.4, -0.2) is 49.4 Å². The van der Waals surface area contributed by atoms with Gasteiger partial charge in [0.25, 0.3) is 0 Å². The smallest absolute Gasteiger partial charge is 0.378 e. The number of Topliss-reactive ketones (excluding diaryl/α,β-unsaturated/α-hetero) is 2. The normalized spacial score (nSPS) is 14.6. The fourth-order valence-corrected chi connectivity index (χ4v) is 3.72. The lowest BCUT2D eigenvalue weighted by Crippen LogP contribution is -2.61. The Labute approximate surface area is 184 Å². The van der Waals surface area contributed by atoms with E-state index in [0.717, 1.165) is 19.1 Å². The molecule has 8 nitrogen and oxygen atoms in total. The summed E-state index contributed by atoms with van der Waals surface area (Å²) in [4.78, 5) is 24.0. The molecule has 1 unspecified atom stereocenters. The number of hydrogen-bond donors (Lipinski definition) is 1. The molecule has 0 amide bonds. The molecule has 1 aromatic carbocycles. The van der Waals surface area contributed by atoms with E-state index in [9.17, 15) is 52.8 Å². The lowest BCUT2D eigenvalue weighted by molar-refractivity contribution is -0.247. The number of halogens is 6. The van der Waals surface area contributed by atoms with E-state index in [0.29, 0.717) is 12.5 Å². The van der Waals surface area contributed by atoms with Crippen LogP contribution in [0.3, 0.4) is 0 Å². The Morgan fingerprint density at radius 3 is 1.97 bits per heavy atom. The number of carbonyl (C=O) groups is 2. The van der Waals surface area contributed by atoms with E-state index in [-0.39, 0.29) is 5.56 Å². The topological polar surface area (TPSA) is 132 Å². The first-order valence-electron chi connectivity index (χ1n) is 8.85. The van der Waals surface area contributed by atoms with Gasteiger partial charge in [0, 0.05) is 11.5 Å². The summed E-state index contributed by atoms with van der Waals surface area (Å²) in [5, 5.41) is -13.7. The lowest BCUT2D eigenvalue weighted by Gasteiger charge is -2.29. The molecule has 0 fully saturated rings. The monoisotopic (exact) mass is 528 g/mol. The zero-order chi connectivity index (χ0) is 26.2. The Hall–Kier alpha value is -2.20. The summed E-state index contributed by atoms with van der Waals surface area (Å²) < 4.78 is 138. The molecule has 0 aliphatic heterocycles. The van der Waals surface area contributed by atoms with Gasteiger partial charge in [-0.15, -0.1) is 0 Å². The van der Waals surface area contributed by atoms with Crippen LogP contribution in [-0.2, 0) is 25.0 Å². The minimum absolute atomic E-state index is 0.191. The summed E-state index contributed by atoms with van der Waals surface area (Å²) in [6, 6.07) is 2.26. The van der Waals surface area contributed by atoms with Crippen molar-refractivity contribution in [3.63, 3.8) is 0 Å². The van der Waals surface area contributed by atoms with Gasteiger partial charge >= 0.3 is 36.7 Å². The highest BCUT2D eigenvalue weighted by Crippen LogP contribution is 2.51. The molecular formula is C17H18F6O8S2. The number of hydrogen-bond acceptors (Lipinski definition) is 7. The minimum atomic E-state index is -7.17. The molecular weight excluding hydrogens is 510 g/mol. The summed E-state index contributed by atoms with van der Waals surface area (Å²) >= 11 is 0. The van der Waals surface area contributed by atoms with Crippen molar-refractivity contribution < 1.29 is 61.5 Å². The van der Waals surface area contributed by atoms with Gasteiger partial charge in [0.05, 0.1) is 6.42 Å². The maximum atomic E-state index is 13.9. The first kappa shape index (κ1) is 28.8. The van der Waals surface area contributed by atoms with Crippen molar-refractivity contribution in [2.75, 3.05) is 0 Å². The number of aryl methyl sites for hydroxylation is 1. The fraction of sp³-hybridized carbons (Fsp3) is 0.529. The Bertz CT molecular complexity index is 1150. The van der Waals surface area contributed by atoms with Crippen LogP contribution >= 0.6 is 0 Å². The van der Waals surface area contributed by atoms with E-state index in [4.69, 9.17) is 4.55 Å². The van der Waals surface area contributed by atoms with Gasteiger partial charge in [-0.25, -0.2) is 0 Å². The predicted molar refractivity (Wildman–Crippen MR) is 101 cm³/mol. The quantitative estimate of drug-likeness (QED) is 0.152. The number of rotatable bonds is 11. The van der Waals surface area contributed by atoms with Gasteiger partial charge in [-0.3, -0.25) is 14.1 Å². The molecule has 0 radical (unpaired) electrons. The summed E-state index contributed by atoms with van der Waals surface area (Å²) in [6.07, 6.45) is -0.0901. The number of carbonyl (C=O) groups excluding carboxylic acids is 2. The van der Waals surface area contributed by atoms with E-state index >= 15 is 0 Å². The largest absolute Gasteiger partial charge is 0.450 e. The van der Waals surface area contributed by atoms with Crippen molar-refractivity contribution in [2.45, 2.75) is 50.0 Å². The Morgan fingerprint density at radius 2 is 1.55 bits per heavy atom. The molecule has 0 spiro atoms. The minimum Gasteiger partial charge on any atom is -0.378 e. The second-order valence-electron chi connectivity index (χ2n) is 6.98. The van der Waals surface area contributed by atoms with Gasteiger partial charge in [-0.05, 0) is 37.1 Å². The first-order chi connectivity index (χ1) is 14.6. The average Bonchev–Trinajstić information content (AvgIpc) is 2.67. The van der Waals surface area contributed by atoms with E-state index in [1.807, 2.05) is 0 Å². The van der Waals surface area contributed by atoms with Crippen LogP contribution in [0.5, 0.6) is 5.75 Å². The molecule has 0 aromatic heterocycles. The third kappa shape index (κ3) is 5.32. The molecule has 0 saturated heterocycles. The summed E-state index contributed by atoms with van der Waals surface area (Å²) in [7, 11) is -14.1. The van der Waals surface area contributed by atoms with Crippen LogP contribution in [0.15, 0.2) is 18.2 Å². The van der Waals surface area contributed by atoms with Gasteiger partial charge in [0.15, 0.2) is 5.78 Å². The van der Waals surface area contributed by atoms with E-state index < -0.39 is 71.9 Å². The standard InChI is InChI=1S/C17H18F6O8S2/c1-4-9(2)12(24)8-13(25)11-5-6-14(10(3)7-11)31-33(29,30)17(22,23)15(18,19)16(20,21)32(26,27)28/h5-7,9H,4,8H2,1-3H3,(H,26,27,28). The summed E-state index contributed by atoms with van der Waals surface area (Å²) in [5.41, 5.74) is -0.593.